The van der Waals surface area contributed by atoms with Crippen LogP contribution in [0.4, 0.5) is 4.79 Å². The summed E-state index contributed by atoms with van der Waals surface area (Å²) < 4.78 is 5.48. The molecule has 6 heteroatoms. The Morgan fingerprint density at radius 2 is 2.07 bits per heavy atom. The number of hydrogen-bond donors (Lipinski definition) is 1. The van der Waals surface area contributed by atoms with E-state index >= 15 is 0 Å². The number of aromatic nitrogens is 1. The van der Waals surface area contributed by atoms with E-state index in [1.165, 1.54) is 5.56 Å². The van der Waals surface area contributed by atoms with Gasteiger partial charge in [0.1, 0.15) is 5.60 Å². The Bertz CT molecular complexity index is 735. The number of nitrogens with zero attached hydrogens (tertiary/aromatic N) is 2. The van der Waals surface area contributed by atoms with E-state index in [1.54, 1.807) is 6.20 Å². The molecule has 0 aromatic carbocycles. The number of hydrogen-bond acceptors (Lipinski definition) is 4. The SMILES string of the molecule is CC(C)(C)OC(=O)N1CCC2(CC1)CC2CNC(=O)[C@H]1C[C@@H]1c1cccnc1. The highest BCUT2D eigenvalue weighted by molar-refractivity contribution is 5.82. The number of nitrogens with one attached hydrogen (secondary N) is 1. The van der Waals surface area contributed by atoms with Gasteiger partial charge in [-0.2, -0.15) is 0 Å². The molecule has 4 rings (SSSR count). The number of rotatable bonds is 4. The van der Waals surface area contributed by atoms with Crippen molar-refractivity contribution in [3.05, 3.63) is 30.1 Å². The monoisotopic (exact) mass is 385 g/mol. The zero-order valence-electron chi connectivity index (χ0n) is 17.1. The Morgan fingerprint density at radius 3 is 2.71 bits per heavy atom. The summed E-state index contributed by atoms with van der Waals surface area (Å²) >= 11 is 0. The van der Waals surface area contributed by atoms with E-state index in [0.717, 1.165) is 45.3 Å². The van der Waals surface area contributed by atoms with Gasteiger partial charge in [0.2, 0.25) is 5.91 Å². The van der Waals surface area contributed by atoms with Gasteiger partial charge in [-0.15, -0.1) is 0 Å². The molecular weight excluding hydrogens is 354 g/mol. The highest BCUT2D eigenvalue weighted by atomic mass is 16.6. The Morgan fingerprint density at radius 1 is 1.32 bits per heavy atom. The molecule has 2 saturated carbocycles. The maximum Gasteiger partial charge on any atom is 0.410 e. The second kappa shape index (κ2) is 7.05. The third-order valence-corrected chi connectivity index (χ3v) is 6.53. The summed E-state index contributed by atoms with van der Waals surface area (Å²) in [6, 6.07) is 3.99. The van der Waals surface area contributed by atoms with Crippen LogP contribution in [0.5, 0.6) is 0 Å². The van der Waals surface area contributed by atoms with E-state index in [0.29, 0.717) is 17.3 Å². The molecule has 1 aromatic rings. The second-order valence-corrected chi connectivity index (χ2v) is 9.71. The number of ether oxygens (including phenoxy) is 1. The molecular formula is C22H31N3O3. The van der Waals surface area contributed by atoms with Gasteiger partial charge in [-0.05, 0) is 75.3 Å². The van der Waals surface area contributed by atoms with Gasteiger partial charge in [0.05, 0.1) is 0 Å². The molecule has 3 aliphatic rings. The fraction of sp³-hybridized carbons (Fsp3) is 0.682. The molecule has 3 fully saturated rings. The molecule has 0 radical (unpaired) electrons. The van der Waals surface area contributed by atoms with Gasteiger partial charge >= 0.3 is 6.09 Å². The molecule has 1 saturated heterocycles. The highest BCUT2D eigenvalue weighted by Gasteiger charge is 2.55. The molecule has 28 heavy (non-hydrogen) atoms. The minimum atomic E-state index is -0.449. The first-order chi connectivity index (χ1) is 13.3. The smallest absolute Gasteiger partial charge is 0.410 e. The average Bonchev–Trinajstić information content (AvgIpc) is 3.56. The molecule has 6 nitrogen and oxygen atoms in total. The van der Waals surface area contributed by atoms with Crippen LogP contribution in [-0.4, -0.2) is 47.1 Å². The lowest BCUT2D eigenvalue weighted by atomic mass is 9.91. The quantitative estimate of drug-likeness (QED) is 0.863. The Kier molecular flexibility index (Phi) is 4.84. The van der Waals surface area contributed by atoms with Crippen molar-refractivity contribution in [2.24, 2.45) is 17.3 Å². The molecule has 2 aliphatic carbocycles. The summed E-state index contributed by atoms with van der Waals surface area (Å²) in [7, 11) is 0. The number of carbonyl (C=O) groups excluding carboxylic acids is 2. The van der Waals surface area contributed by atoms with Crippen molar-refractivity contribution in [1.82, 2.24) is 15.2 Å². The van der Waals surface area contributed by atoms with E-state index in [2.05, 4.69) is 16.4 Å². The summed E-state index contributed by atoms with van der Waals surface area (Å²) in [5.74, 6) is 1.17. The van der Waals surface area contributed by atoms with Crippen LogP contribution in [0.15, 0.2) is 24.5 Å². The van der Waals surface area contributed by atoms with Crippen LogP contribution in [0.25, 0.3) is 0 Å². The first-order valence-electron chi connectivity index (χ1n) is 10.4. The molecule has 2 amide bonds. The maximum atomic E-state index is 12.5. The van der Waals surface area contributed by atoms with Crippen molar-refractivity contribution in [2.75, 3.05) is 19.6 Å². The number of amides is 2. The van der Waals surface area contributed by atoms with Gasteiger partial charge in [0.25, 0.3) is 0 Å². The Balaban J connectivity index is 1.19. The van der Waals surface area contributed by atoms with Crippen LogP contribution in [0.2, 0.25) is 0 Å². The van der Waals surface area contributed by atoms with Crippen LogP contribution in [0.1, 0.15) is 57.9 Å². The number of pyridine rings is 1. The molecule has 2 heterocycles. The average molecular weight is 386 g/mol. The molecule has 152 valence electrons. The van der Waals surface area contributed by atoms with Crippen molar-refractivity contribution in [1.29, 1.82) is 0 Å². The van der Waals surface area contributed by atoms with Gasteiger partial charge in [0.15, 0.2) is 0 Å². The number of piperidine rings is 1. The van der Waals surface area contributed by atoms with Gasteiger partial charge in [0, 0.05) is 37.9 Å². The van der Waals surface area contributed by atoms with Crippen LogP contribution in [-0.2, 0) is 9.53 Å². The summed E-state index contributed by atoms with van der Waals surface area (Å²) in [6.45, 7) is 7.97. The molecule has 3 atom stereocenters. The van der Waals surface area contributed by atoms with Crippen molar-refractivity contribution >= 4 is 12.0 Å². The number of carbonyl (C=O) groups is 2. The fourth-order valence-corrected chi connectivity index (χ4v) is 4.60. The van der Waals surface area contributed by atoms with E-state index < -0.39 is 5.60 Å². The molecule has 0 bridgehead atoms. The highest BCUT2D eigenvalue weighted by Crippen LogP contribution is 2.59. The molecule has 1 aliphatic heterocycles. The Hall–Kier alpha value is -2.11. The van der Waals surface area contributed by atoms with Crippen LogP contribution in [0, 0.1) is 17.3 Å². The summed E-state index contributed by atoms with van der Waals surface area (Å²) in [6.07, 6.45) is 7.53. The largest absolute Gasteiger partial charge is 0.444 e. The lowest BCUT2D eigenvalue weighted by molar-refractivity contribution is -0.122. The normalized spacial score (nSPS) is 28.0. The van der Waals surface area contributed by atoms with Crippen molar-refractivity contribution in [3.63, 3.8) is 0 Å². The molecule has 1 aromatic heterocycles. The van der Waals surface area contributed by atoms with Crippen molar-refractivity contribution < 1.29 is 14.3 Å². The third-order valence-electron chi connectivity index (χ3n) is 6.53. The first-order valence-corrected chi connectivity index (χ1v) is 10.4. The standard InChI is InChI=1S/C22H31N3O3/c1-21(2,3)28-20(27)25-9-6-22(7-10-25)12-16(22)14-24-19(26)18-11-17(18)15-5-4-8-23-13-15/h4-5,8,13,16-18H,6-7,9-12,14H2,1-3H3,(H,24,26)/t16?,17-,18+/m1/s1. The summed E-state index contributed by atoms with van der Waals surface area (Å²) in [4.78, 5) is 30.7. The zero-order chi connectivity index (χ0) is 19.9. The minimum Gasteiger partial charge on any atom is -0.444 e. The molecule has 1 spiro atoms. The van der Waals surface area contributed by atoms with Crippen LogP contribution >= 0.6 is 0 Å². The zero-order valence-corrected chi connectivity index (χ0v) is 17.1. The predicted molar refractivity (Wildman–Crippen MR) is 106 cm³/mol. The topological polar surface area (TPSA) is 71.5 Å². The molecule has 1 unspecified atom stereocenters. The van der Waals surface area contributed by atoms with Crippen molar-refractivity contribution in [2.45, 2.75) is 58.0 Å². The lowest BCUT2D eigenvalue weighted by Gasteiger charge is -2.34. The van der Waals surface area contributed by atoms with Gasteiger partial charge in [-0.25, -0.2) is 4.79 Å². The van der Waals surface area contributed by atoms with E-state index in [1.807, 2.05) is 37.9 Å². The Labute approximate surface area is 167 Å². The maximum absolute atomic E-state index is 12.5. The fourth-order valence-electron chi connectivity index (χ4n) is 4.60. The van der Waals surface area contributed by atoms with E-state index in [-0.39, 0.29) is 17.9 Å². The third kappa shape index (κ3) is 4.15. The van der Waals surface area contributed by atoms with Gasteiger partial charge in [-0.3, -0.25) is 9.78 Å². The van der Waals surface area contributed by atoms with E-state index in [9.17, 15) is 9.59 Å². The van der Waals surface area contributed by atoms with Crippen molar-refractivity contribution in [3.8, 4) is 0 Å². The van der Waals surface area contributed by atoms with Gasteiger partial charge in [-0.1, -0.05) is 6.07 Å². The van der Waals surface area contributed by atoms with Crippen LogP contribution < -0.4 is 5.32 Å². The van der Waals surface area contributed by atoms with Crippen LogP contribution in [0.3, 0.4) is 0 Å². The molecule has 1 N–H and O–H groups in total. The minimum absolute atomic E-state index is 0.105. The second-order valence-electron chi connectivity index (χ2n) is 9.71. The summed E-state index contributed by atoms with van der Waals surface area (Å²) in [5, 5.41) is 3.18. The lowest BCUT2D eigenvalue weighted by Crippen LogP contribution is -2.43. The van der Waals surface area contributed by atoms with Gasteiger partial charge < -0.3 is 15.0 Å². The van der Waals surface area contributed by atoms with E-state index in [4.69, 9.17) is 4.74 Å². The number of likely N-dealkylation sites (tertiary alicyclic amines) is 1. The predicted octanol–water partition coefficient (Wildman–Crippen LogP) is 3.34. The first kappa shape index (κ1) is 19.2. The summed E-state index contributed by atoms with van der Waals surface area (Å²) in [5.41, 5.74) is 1.03.